The molecule has 10 heavy (non-hydrogen) atoms. The van der Waals surface area contributed by atoms with Crippen molar-refractivity contribution in [3.8, 4) is 0 Å². The van der Waals surface area contributed by atoms with Crippen LogP contribution in [0.3, 0.4) is 0 Å². The first-order chi connectivity index (χ1) is 4.77. The van der Waals surface area contributed by atoms with E-state index in [2.05, 4.69) is 6.92 Å². The summed E-state index contributed by atoms with van der Waals surface area (Å²) in [7, 11) is 0. The zero-order chi connectivity index (χ0) is 7.82. The molecule has 0 aromatic rings. The fraction of sp³-hybridized carbons (Fsp3) is 0.875. The second kappa shape index (κ2) is 7.03. The van der Waals surface area contributed by atoms with Crippen molar-refractivity contribution in [2.45, 2.75) is 44.8 Å². The Bertz CT molecular complexity index is 62.3. The van der Waals surface area contributed by atoms with Gasteiger partial charge in [-0.25, -0.2) is 0 Å². The summed E-state index contributed by atoms with van der Waals surface area (Å²) in [4.78, 5) is 0. The molecule has 0 heterocycles. The Morgan fingerprint density at radius 2 is 1.60 bits per heavy atom. The van der Waals surface area contributed by atoms with E-state index in [1.807, 2.05) is 0 Å². The van der Waals surface area contributed by atoms with Crippen molar-refractivity contribution >= 4 is 0 Å². The first-order valence-electron chi connectivity index (χ1n) is 3.92. The highest BCUT2D eigenvalue weighted by atomic mass is 16.5. The van der Waals surface area contributed by atoms with Gasteiger partial charge in [-0.3, -0.25) is 0 Å². The van der Waals surface area contributed by atoms with Gasteiger partial charge in [0.15, 0.2) is 6.29 Å². The van der Waals surface area contributed by atoms with Crippen molar-refractivity contribution < 1.29 is 10.2 Å². The highest BCUT2D eigenvalue weighted by molar-refractivity contribution is 4.46. The third kappa shape index (κ3) is 7.92. The highest BCUT2D eigenvalue weighted by Crippen LogP contribution is 2.05. The number of rotatable bonds is 6. The predicted molar refractivity (Wildman–Crippen MR) is 41.3 cm³/mol. The normalized spacial score (nSPS) is 10.8. The third-order valence-corrected chi connectivity index (χ3v) is 1.46. The summed E-state index contributed by atoms with van der Waals surface area (Å²) in [5, 5.41) is 16.9. The van der Waals surface area contributed by atoms with Gasteiger partial charge in [0.05, 0.1) is 0 Å². The minimum atomic E-state index is -1.11. The van der Waals surface area contributed by atoms with Gasteiger partial charge in [0.1, 0.15) is 0 Å². The molecular formula is C8H17O2. The topological polar surface area (TPSA) is 40.5 Å². The molecule has 0 aliphatic rings. The maximum absolute atomic E-state index is 8.45. The molecule has 61 valence electrons. The quantitative estimate of drug-likeness (QED) is 0.439. The van der Waals surface area contributed by atoms with E-state index in [1.165, 1.54) is 0 Å². The monoisotopic (exact) mass is 145 g/mol. The summed E-state index contributed by atoms with van der Waals surface area (Å²) >= 11 is 0. The van der Waals surface area contributed by atoms with Gasteiger partial charge in [0, 0.05) is 0 Å². The van der Waals surface area contributed by atoms with E-state index in [4.69, 9.17) is 10.2 Å². The molecule has 0 atom stereocenters. The number of unbranched alkanes of at least 4 members (excludes halogenated alkanes) is 4. The highest BCUT2D eigenvalue weighted by Gasteiger charge is 1.95. The van der Waals surface area contributed by atoms with Crippen LogP contribution in [0.1, 0.15) is 38.5 Å². The van der Waals surface area contributed by atoms with Crippen LogP contribution in [0.5, 0.6) is 0 Å². The molecule has 2 nitrogen and oxygen atoms in total. The maximum atomic E-state index is 8.45. The van der Waals surface area contributed by atoms with Crippen molar-refractivity contribution in [1.82, 2.24) is 0 Å². The fourth-order valence-electron chi connectivity index (χ4n) is 0.857. The number of hydrogen-bond donors (Lipinski definition) is 2. The van der Waals surface area contributed by atoms with Crippen LogP contribution in [0.2, 0.25) is 0 Å². The minimum Gasteiger partial charge on any atom is -0.368 e. The van der Waals surface area contributed by atoms with Crippen LogP contribution < -0.4 is 0 Å². The van der Waals surface area contributed by atoms with Crippen molar-refractivity contribution in [3.05, 3.63) is 6.92 Å². The van der Waals surface area contributed by atoms with E-state index >= 15 is 0 Å². The van der Waals surface area contributed by atoms with E-state index in [1.54, 1.807) is 0 Å². The summed E-state index contributed by atoms with van der Waals surface area (Å²) in [6.45, 7) is 3.72. The summed E-state index contributed by atoms with van der Waals surface area (Å²) in [6.07, 6.45) is 4.71. The fourth-order valence-corrected chi connectivity index (χ4v) is 0.857. The standard InChI is InChI=1S/C8H17O2/c1-2-3-4-5-6-7-8(9)10/h8-10H,1-7H2. The molecule has 0 saturated carbocycles. The van der Waals surface area contributed by atoms with Gasteiger partial charge in [-0.2, -0.15) is 0 Å². The maximum Gasteiger partial charge on any atom is 0.151 e. The lowest BCUT2D eigenvalue weighted by atomic mass is 10.1. The average molecular weight is 145 g/mol. The summed E-state index contributed by atoms with van der Waals surface area (Å²) < 4.78 is 0. The molecule has 2 N–H and O–H groups in total. The van der Waals surface area contributed by atoms with Crippen LogP contribution in [0.15, 0.2) is 0 Å². The van der Waals surface area contributed by atoms with Crippen molar-refractivity contribution in [1.29, 1.82) is 0 Å². The van der Waals surface area contributed by atoms with Crippen LogP contribution in [0, 0.1) is 6.92 Å². The Kier molecular flexibility index (Phi) is 6.98. The molecule has 0 aliphatic heterocycles. The molecule has 0 unspecified atom stereocenters. The first-order valence-corrected chi connectivity index (χ1v) is 3.92. The van der Waals surface area contributed by atoms with Gasteiger partial charge < -0.3 is 10.2 Å². The van der Waals surface area contributed by atoms with Gasteiger partial charge in [-0.1, -0.05) is 32.6 Å². The molecule has 0 aromatic heterocycles. The largest absolute Gasteiger partial charge is 0.368 e. The van der Waals surface area contributed by atoms with Crippen molar-refractivity contribution in [2.24, 2.45) is 0 Å². The van der Waals surface area contributed by atoms with Crippen LogP contribution in [-0.2, 0) is 0 Å². The number of aliphatic hydroxyl groups is 2. The average Bonchev–Trinajstić information content (AvgIpc) is 1.87. The Labute approximate surface area is 62.9 Å². The molecule has 1 radical (unpaired) electrons. The van der Waals surface area contributed by atoms with Gasteiger partial charge in [-0.05, 0) is 12.8 Å². The molecule has 2 heteroatoms. The second-order valence-corrected chi connectivity index (χ2v) is 2.54. The molecule has 0 saturated heterocycles. The van der Waals surface area contributed by atoms with E-state index in [0.29, 0.717) is 6.42 Å². The van der Waals surface area contributed by atoms with Gasteiger partial charge in [-0.15, -0.1) is 0 Å². The van der Waals surface area contributed by atoms with E-state index in [9.17, 15) is 0 Å². The van der Waals surface area contributed by atoms with E-state index in [-0.39, 0.29) is 0 Å². The smallest absolute Gasteiger partial charge is 0.151 e. The zero-order valence-electron chi connectivity index (χ0n) is 6.42. The van der Waals surface area contributed by atoms with Crippen molar-refractivity contribution in [2.75, 3.05) is 0 Å². The Morgan fingerprint density at radius 1 is 1.00 bits per heavy atom. The molecule has 0 bridgehead atoms. The lowest BCUT2D eigenvalue weighted by molar-refractivity contribution is -0.0465. The third-order valence-electron chi connectivity index (χ3n) is 1.46. The second-order valence-electron chi connectivity index (χ2n) is 2.54. The summed E-state index contributed by atoms with van der Waals surface area (Å²) in [5.41, 5.74) is 0. The van der Waals surface area contributed by atoms with Gasteiger partial charge in [0.2, 0.25) is 0 Å². The minimum absolute atomic E-state index is 0.511. The van der Waals surface area contributed by atoms with Crippen LogP contribution in [-0.4, -0.2) is 16.5 Å². The van der Waals surface area contributed by atoms with E-state index < -0.39 is 6.29 Å². The Morgan fingerprint density at radius 3 is 2.10 bits per heavy atom. The summed E-state index contributed by atoms with van der Waals surface area (Å²) in [5.74, 6) is 0. The number of aliphatic hydroxyl groups excluding tert-OH is 1. The predicted octanol–water partition coefficient (Wildman–Crippen LogP) is 1.47. The van der Waals surface area contributed by atoms with Gasteiger partial charge >= 0.3 is 0 Å². The van der Waals surface area contributed by atoms with Crippen LogP contribution >= 0.6 is 0 Å². The molecule has 0 aromatic carbocycles. The molecular weight excluding hydrogens is 128 g/mol. The molecule has 0 aliphatic carbocycles. The number of hydrogen-bond acceptors (Lipinski definition) is 2. The molecule has 0 rings (SSSR count). The van der Waals surface area contributed by atoms with E-state index in [0.717, 1.165) is 32.1 Å². The summed E-state index contributed by atoms with van der Waals surface area (Å²) in [6, 6.07) is 0. The van der Waals surface area contributed by atoms with Gasteiger partial charge in [0.25, 0.3) is 0 Å². The molecule has 0 fully saturated rings. The molecule has 0 spiro atoms. The van der Waals surface area contributed by atoms with Crippen LogP contribution in [0.4, 0.5) is 0 Å². The lowest BCUT2D eigenvalue weighted by Crippen LogP contribution is -2.02. The SMILES string of the molecule is [CH2]CCCCCCC(O)O. The first kappa shape index (κ1) is 9.92. The Balaban J connectivity index is 2.77. The zero-order valence-corrected chi connectivity index (χ0v) is 6.42. The lowest BCUT2D eigenvalue weighted by Gasteiger charge is -2.01. The molecule has 0 amide bonds. The van der Waals surface area contributed by atoms with Crippen molar-refractivity contribution in [3.63, 3.8) is 0 Å². The Hall–Kier alpha value is -0.0800. The van der Waals surface area contributed by atoms with Crippen LogP contribution in [0.25, 0.3) is 0 Å².